The van der Waals surface area contributed by atoms with Gasteiger partial charge in [-0.15, -0.1) is 0 Å². The van der Waals surface area contributed by atoms with Crippen LogP contribution in [0.25, 0.3) is 0 Å². The molecular formula is C12H26N2O2. The lowest BCUT2D eigenvalue weighted by atomic mass is 9.93. The molecule has 0 aliphatic rings. The van der Waals surface area contributed by atoms with Gasteiger partial charge in [0.1, 0.15) is 5.60 Å². The lowest BCUT2D eigenvalue weighted by molar-refractivity contribution is -0.156. The van der Waals surface area contributed by atoms with Crippen molar-refractivity contribution in [1.82, 2.24) is 4.90 Å². The molecule has 0 bridgehead atoms. The Morgan fingerprint density at radius 2 is 1.75 bits per heavy atom. The number of hydrogen-bond donors (Lipinski definition) is 1. The number of carbonyl (C=O) groups is 1. The van der Waals surface area contributed by atoms with Crippen LogP contribution in [0.3, 0.4) is 0 Å². The maximum absolute atomic E-state index is 11.5. The maximum atomic E-state index is 11.5. The second-order valence-corrected chi connectivity index (χ2v) is 6.13. The number of ether oxygens (including phenoxy) is 1. The van der Waals surface area contributed by atoms with E-state index in [9.17, 15) is 4.79 Å². The summed E-state index contributed by atoms with van der Waals surface area (Å²) in [6, 6.07) is 0. The van der Waals surface area contributed by atoms with E-state index < -0.39 is 5.60 Å². The monoisotopic (exact) mass is 230 g/mol. The van der Waals surface area contributed by atoms with Crippen molar-refractivity contribution in [1.29, 1.82) is 0 Å². The molecule has 96 valence electrons. The molecule has 0 aromatic rings. The van der Waals surface area contributed by atoms with E-state index in [0.29, 0.717) is 13.1 Å². The third-order valence-corrected chi connectivity index (χ3v) is 2.07. The minimum absolute atomic E-state index is 0.0246. The molecule has 0 spiro atoms. The van der Waals surface area contributed by atoms with E-state index in [1.807, 2.05) is 32.7 Å². The highest BCUT2D eigenvalue weighted by atomic mass is 16.6. The first-order valence-electron chi connectivity index (χ1n) is 5.66. The molecule has 0 radical (unpaired) electrons. The van der Waals surface area contributed by atoms with Crippen LogP contribution < -0.4 is 5.73 Å². The van der Waals surface area contributed by atoms with E-state index in [1.54, 1.807) is 0 Å². The number of rotatable bonds is 5. The zero-order chi connectivity index (χ0) is 13.0. The third-order valence-electron chi connectivity index (χ3n) is 2.07. The standard InChI is InChI=1S/C12H26N2O2/c1-11(2,3)16-10(15)7-14(6)9-12(4,5)8-13/h7-9,13H2,1-6H3. The van der Waals surface area contributed by atoms with Crippen molar-refractivity contribution in [3.63, 3.8) is 0 Å². The Hall–Kier alpha value is -0.610. The minimum Gasteiger partial charge on any atom is -0.459 e. The lowest BCUT2D eigenvalue weighted by Gasteiger charge is -2.29. The summed E-state index contributed by atoms with van der Waals surface area (Å²) in [7, 11) is 1.90. The molecule has 4 nitrogen and oxygen atoms in total. The molecule has 2 N–H and O–H groups in total. The van der Waals surface area contributed by atoms with Crippen molar-refractivity contribution in [2.75, 3.05) is 26.7 Å². The van der Waals surface area contributed by atoms with E-state index >= 15 is 0 Å². The van der Waals surface area contributed by atoms with Crippen molar-refractivity contribution < 1.29 is 9.53 Å². The van der Waals surface area contributed by atoms with Gasteiger partial charge in [-0.05, 0) is 39.8 Å². The maximum Gasteiger partial charge on any atom is 0.320 e. The second-order valence-electron chi connectivity index (χ2n) is 6.13. The van der Waals surface area contributed by atoms with Gasteiger partial charge in [0.05, 0.1) is 6.54 Å². The number of nitrogens with two attached hydrogens (primary N) is 1. The molecule has 0 amide bonds. The number of hydrogen-bond acceptors (Lipinski definition) is 4. The van der Waals surface area contributed by atoms with Crippen LogP contribution in [0.4, 0.5) is 0 Å². The summed E-state index contributed by atoms with van der Waals surface area (Å²) in [4.78, 5) is 13.5. The molecule has 0 saturated heterocycles. The van der Waals surface area contributed by atoms with Crippen LogP contribution in [0.1, 0.15) is 34.6 Å². The van der Waals surface area contributed by atoms with Gasteiger partial charge in [0.2, 0.25) is 0 Å². The van der Waals surface area contributed by atoms with Crippen LogP contribution in [0.15, 0.2) is 0 Å². The molecule has 16 heavy (non-hydrogen) atoms. The van der Waals surface area contributed by atoms with E-state index in [4.69, 9.17) is 10.5 Å². The van der Waals surface area contributed by atoms with Crippen LogP contribution in [-0.2, 0) is 9.53 Å². The quantitative estimate of drug-likeness (QED) is 0.722. The summed E-state index contributed by atoms with van der Waals surface area (Å²) in [6.45, 7) is 11.5. The predicted molar refractivity (Wildman–Crippen MR) is 66.2 cm³/mol. The van der Waals surface area contributed by atoms with E-state index in [0.717, 1.165) is 6.54 Å². The fourth-order valence-corrected chi connectivity index (χ4v) is 1.45. The van der Waals surface area contributed by atoms with Gasteiger partial charge in [-0.2, -0.15) is 0 Å². The Balaban J connectivity index is 4.06. The topological polar surface area (TPSA) is 55.6 Å². The molecule has 0 saturated carbocycles. The van der Waals surface area contributed by atoms with Crippen molar-refractivity contribution in [3.8, 4) is 0 Å². The van der Waals surface area contributed by atoms with Gasteiger partial charge in [-0.3, -0.25) is 9.69 Å². The van der Waals surface area contributed by atoms with Crippen LogP contribution >= 0.6 is 0 Å². The number of esters is 1. The van der Waals surface area contributed by atoms with Gasteiger partial charge in [0.15, 0.2) is 0 Å². The van der Waals surface area contributed by atoms with Crippen LogP contribution in [0.2, 0.25) is 0 Å². The fraction of sp³-hybridized carbons (Fsp3) is 0.917. The molecule has 0 heterocycles. The molecular weight excluding hydrogens is 204 g/mol. The molecule has 0 aromatic carbocycles. The lowest BCUT2D eigenvalue weighted by Crippen LogP contribution is -2.40. The van der Waals surface area contributed by atoms with Gasteiger partial charge < -0.3 is 10.5 Å². The van der Waals surface area contributed by atoms with Crippen molar-refractivity contribution in [2.45, 2.75) is 40.2 Å². The van der Waals surface area contributed by atoms with Gasteiger partial charge in [0.25, 0.3) is 0 Å². The molecule has 0 aliphatic heterocycles. The Kier molecular flexibility index (Phi) is 5.42. The highest BCUT2D eigenvalue weighted by Crippen LogP contribution is 2.14. The summed E-state index contributed by atoms with van der Waals surface area (Å²) >= 11 is 0. The first-order chi connectivity index (χ1) is 7.06. The molecule has 0 unspecified atom stereocenters. The zero-order valence-corrected chi connectivity index (χ0v) is 11.5. The Labute approximate surface area is 99.1 Å². The average molecular weight is 230 g/mol. The average Bonchev–Trinajstić information content (AvgIpc) is 1.98. The predicted octanol–water partition coefficient (Wildman–Crippen LogP) is 1.24. The zero-order valence-electron chi connectivity index (χ0n) is 11.5. The van der Waals surface area contributed by atoms with E-state index in [1.165, 1.54) is 0 Å². The van der Waals surface area contributed by atoms with E-state index in [2.05, 4.69) is 13.8 Å². The highest BCUT2D eigenvalue weighted by molar-refractivity contribution is 5.72. The minimum atomic E-state index is -0.415. The van der Waals surface area contributed by atoms with Crippen molar-refractivity contribution in [3.05, 3.63) is 0 Å². The summed E-state index contributed by atoms with van der Waals surface area (Å²) in [6.07, 6.45) is 0. The largest absolute Gasteiger partial charge is 0.459 e. The smallest absolute Gasteiger partial charge is 0.320 e. The van der Waals surface area contributed by atoms with Gasteiger partial charge in [-0.1, -0.05) is 13.8 Å². The van der Waals surface area contributed by atoms with E-state index in [-0.39, 0.29) is 11.4 Å². The molecule has 0 fully saturated rings. The Morgan fingerprint density at radius 1 is 1.25 bits per heavy atom. The van der Waals surface area contributed by atoms with Crippen LogP contribution in [-0.4, -0.2) is 43.2 Å². The van der Waals surface area contributed by atoms with Crippen LogP contribution in [0.5, 0.6) is 0 Å². The first kappa shape index (κ1) is 15.4. The second kappa shape index (κ2) is 5.64. The molecule has 0 atom stereocenters. The molecule has 0 aromatic heterocycles. The van der Waals surface area contributed by atoms with Gasteiger partial charge >= 0.3 is 5.97 Å². The summed E-state index contributed by atoms with van der Waals surface area (Å²) in [5.41, 5.74) is 5.25. The first-order valence-corrected chi connectivity index (χ1v) is 5.66. The Bertz CT molecular complexity index is 232. The van der Waals surface area contributed by atoms with Crippen LogP contribution in [0, 0.1) is 5.41 Å². The molecule has 4 heteroatoms. The third kappa shape index (κ3) is 7.65. The molecule has 0 rings (SSSR count). The summed E-state index contributed by atoms with van der Waals surface area (Å²) in [5.74, 6) is -0.192. The van der Waals surface area contributed by atoms with Gasteiger partial charge in [0, 0.05) is 6.54 Å². The highest BCUT2D eigenvalue weighted by Gasteiger charge is 2.22. The normalized spacial score (nSPS) is 13.0. The molecule has 0 aliphatic carbocycles. The number of carbonyl (C=O) groups excluding carboxylic acids is 1. The van der Waals surface area contributed by atoms with Crippen molar-refractivity contribution in [2.24, 2.45) is 11.1 Å². The SMILES string of the molecule is CN(CC(=O)OC(C)(C)C)CC(C)(C)CN. The summed E-state index contributed by atoms with van der Waals surface area (Å²) in [5, 5.41) is 0. The van der Waals surface area contributed by atoms with Gasteiger partial charge in [-0.25, -0.2) is 0 Å². The number of likely N-dealkylation sites (N-methyl/N-ethyl adjacent to an activating group) is 1. The summed E-state index contributed by atoms with van der Waals surface area (Å²) < 4.78 is 5.24. The Morgan fingerprint density at radius 3 is 2.12 bits per heavy atom. The fourth-order valence-electron chi connectivity index (χ4n) is 1.45. The van der Waals surface area contributed by atoms with Crippen molar-refractivity contribution >= 4 is 5.97 Å². The number of nitrogens with zero attached hydrogens (tertiary/aromatic N) is 1.